The van der Waals surface area contributed by atoms with Crippen molar-refractivity contribution in [2.24, 2.45) is 11.8 Å². The van der Waals surface area contributed by atoms with Crippen molar-refractivity contribution in [1.82, 2.24) is 5.32 Å². The number of carbonyl (C=O) groups excluding carboxylic acids is 3. The summed E-state index contributed by atoms with van der Waals surface area (Å²) in [4.78, 5) is 33.8. The van der Waals surface area contributed by atoms with Gasteiger partial charge in [-0.25, -0.2) is 9.59 Å². The summed E-state index contributed by atoms with van der Waals surface area (Å²) in [6.45, 7) is 10.6. The SMILES string of the molecule is C=CC(=O)OCCNC(=O)OC(C)COC(=O)C(C)C(C)C. The van der Waals surface area contributed by atoms with Gasteiger partial charge in [0.05, 0.1) is 12.5 Å². The first-order chi connectivity index (χ1) is 10.3. The molecule has 22 heavy (non-hydrogen) atoms. The Kier molecular flexibility index (Phi) is 9.65. The molecule has 0 saturated carbocycles. The third-order valence-electron chi connectivity index (χ3n) is 2.92. The molecule has 7 heteroatoms. The van der Waals surface area contributed by atoms with Gasteiger partial charge in [0.2, 0.25) is 0 Å². The predicted molar refractivity (Wildman–Crippen MR) is 80.1 cm³/mol. The molecule has 126 valence electrons. The van der Waals surface area contributed by atoms with Crippen molar-refractivity contribution in [2.75, 3.05) is 19.8 Å². The number of ether oxygens (including phenoxy) is 3. The number of hydrogen-bond donors (Lipinski definition) is 1. The molecule has 0 aliphatic carbocycles. The summed E-state index contributed by atoms with van der Waals surface area (Å²) in [6.07, 6.45) is -0.207. The lowest BCUT2D eigenvalue weighted by atomic mass is 9.99. The van der Waals surface area contributed by atoms with E-state index in [0.29, 0.717) is 0 Å². The Balaban J connectivity index is 3.84. The van der Waals surface area contributed by atoms with Crippen LogP contribution in [0.1, 0.15) is 27.7 Å². The van der Waals surface area contributed by atoms with E-state index in [4.69, 9.17) is 9.47 Å². The van der Waals surface area contributed by atoms with Gasteiger partial charge in [-0.3, -0.25) is 4.79 Å². The van der Waals surface area contributed by atoms with Gasteiger partial charge in [0.15, 0.2) is 0 Å². The maximum atomic E-state index is 11.6. The molecule has 0 aliphatic heterocycles. The number of amides is 1. The number of rotatable bonds is 9. The molecule has 1 amide bonds. The van der Waals surface area contributed by atoms with Crippen molar-refractivity contribution in [1.29, 1.82) is 0 Å². The summed E-state index contributed by atoms with van der Waals surface area (Å²) in [5.41, 5.74) is 0. The Bertz CT molecular complexity index is 393. The van der Waals surface area contributed by atoms with Gasteiger partial charge >= 0.3 is 18.0 Å². The Morgan fingerprint density at radius 1 is 1.14 bits per heavy atom. The van der Waals surface area contributed by atoms with Crippen LogP contribution in [-0.4, -0.2) is 43.9 Å². The lowest BCUT2D eigenvalue weighted by molar-refractivity contribution is -0.152. The first-order valence-corrected chi connectivity index (χ1v) is 7.18. The minimum Gasteiger partial charge on any atom is -0.462 e. The lowest BCUT2D eigenvalue weighted by Gasteiger charge is -2.17. The average molecular weight is 315 g/mol. The van der Waals surface area contributed by atoms with Gasteiger partial charge in [-0.05, 0) is 12.8 Å². The van der Waals surface area contributed by atoms with Gasteiger partial charge in [0.25, 0.3) is 0 Å². The Hall–Kier alpha value is -2.05. The molecule has 7 nitrogen and oxygen atoms in total. The second-order valence-electron chi connectivity index (χ2n) is 5.18. The summed E-state index contributed by atoms with van der Waals surface area (Å²) in [5, 5.41) is 2.41. The van der Waals surface area contributed by atoms with Crippen LogP contribution in [0.3, 0.4) is 0 Å². The van der Waals surface area contributed by atoms with Crippen molar-refractivity contribution in [2.45, 2.75) is 33.8 Å². The molecular weight excluding hydrogens is 290 g/mol. The Morgan fingerprint density at radius 3 is 2.32 bits per heavy atom. The van der Waals surface area contributed by atoms with Crippen molar-refractivity contribution in [3.63, 3.8) is 0 Å². The third kappa shape index (κ3) is 8.99. The Morgan fingerprint density at radius 2 is 1.77 bits per heavy atom. The summed E-state index contributed by atoms with van der Waals surface area (Å²) >= 11 is 0. The Labute approximate surface area is 131 Å². The fourth-order valence-electron chi connectivity index (χ4n) is 1.23. The molecule has 1 N–H and O–H groups in total. The van der Waals surface area contributed by atoms with E-state index in [1.807, 2.05) is 13.8 Å². The van der Waals surface area contributed by atoms with E-state index in [-0.39, 0.29) is 37.6 Å². The zero-order chi connectivity index (χ0) is 17.1. The highest BCUT2D eigenvalue weighted by molar-refractivity contribution is 5.81. The van der Waals surface area contributed by atoms with Crippen LogP contribution in [0, 0.1) is 11.8 Å². The molecule has 0 spiro atoms. The van der Waals surface area contributed by atoms with Crippen molar-refractivity contribution in [3.8, 4) is 0 Å². The molecular formula is C15H25NO6. The zero-order valence-corrected chi connectivity index (χ0v) is 13.6. The van der Waals surface area contributed by atoms with Gasteiger partial charge in [0.1, 0.15) is 19.3 Å². The van der Waals surface area contributed by atoms with E-state index in [1.54, 1.807) is 13.8 Å². The summed E-state index contributed by atoms with van der Waals surface area (Å²) in [5.74, 6) is -0.900. The molecule has 2 atom stereocenters. The molecule has 0 radical (unpaired) electrons. The van der Waals surface area contributed by atoms with E-state index < -0.39 is 18.2 Å². The molecule has 0 aromatic carbocycles. The van der Waals surface area contributed by atoms with Crippen molar-refractivity contribution in [3.05, 3.63) is 12.7 Å². The molecule has 2 unspecified atom stereocenters. The van der Waals surface area contributed by atoms with E-state index >= 15 is 0 Å². The molecule has 0 aromatic rings. The number of nitrogens with one attached hydrogen (secondary N) is 1. The van der Waals surface area contributed by atoms with Gasteiger partial charge in [-0.1, -0.05) is 27.4 Å². The van der Waals surface area contributed by atoms with Crippen molar-refractivity contribution >= 4 is 18.0 Å². The fraction of sp³-hybridized carbons (Fsp3) is 0.667. The van der Waals surface area contributed by atoms with Crippen LogP contribution in [0.4, 0.5) is 4.79 Å². The number of esters is 2. The normalized spacial score (nSPS) is 13.0. The van der Waals surface area contributed by atoms with Gasteiger partial charge in [-0.2, -0.15) is 0 Å². The van der Waals surface area contributed by atoms with Gasteiger partial charge < -0.3 is 19.5 Å². The zero-order valence-electron chi connectivity index (χ0n) is 13.6. The maximum Gasteiger partial charge on any atom is 0.407 e. The van der Waals surface area contributed by atoms with Crippen molar-refractivity contribution < 1.29 is 28.6 Å². The standard InChI is InChI=1S/C15H25NO6/c1-6-13(17)20-8-7-16-15(19)22-11(4)9-21-14(18)12(5)10(2)3/h6,10-12H,1,7-9H2,2-5H3,(H,16,19). The average Bonchev–Trinajstić information content (AvgIpc) is 2.47. The molecule has 0 saturated heterocycles. The minimum absolute atomic E-state index is 0.00520. The third-order valence-corrected chi connectivity index (χ3v) is 2.92. The van der Waals surface area contributed by atoms with Crippen LogP contribution in [0.5, 0.6) is 0 Å². The van der Waals surface area contributed by atoms with Crippen LogP contribution < -0.4 is 5.32 Å². The summed E-state index contributed by atoms with van der Waals surface area (Å²) < 4.78 is 14.7. The summed E-state index contributed by atoms with van der Waals surface area (Å²) in [7, 11) is 0. The predicted octanol–water partition coefficient (Wildman–Crippen LogP) is 1.67. The number of carbonyl (C=O) groups is 3. The second-order valence-corrected chi connectivity index (χ2v) is 5.18. The number of hydrogen-bond acceptors (Lipinski definition) is 6. The summed E-state index contributed by atoms with van der Waals surface area (Å²) in [6, 6.07) is 0. The fourth-order valence-corrected chi connectivity index (χ4v) is 1.23. The highest BCUT2D eigenvalue weighted by Crippen LogP contribution is 2.11. The van der Waals surface area contributed by atoms with E-state index in [1.165, 1.54) is 0 Å². The molecule has 0 aliphatic rings. The van der Waals surface area contributed by atoms with Crippen LogP contribution >= 0.6 is 0 Å². The lowest BCUT2D eigenvalue weighted by Crippen LogP contribution is -2.33. The molecule has 0 heterocycles. The molecule has 0 aromatic heterocycles. The van der Waals surface area contributed by atoms with E-state index in [2.05, 4.69) is 16.6 Å². The second kappa shape index (κ2) is 10.6. The van der Waals surface area contributed by atoms with Gasteiger partial charge in [-0.15, -0.1) is 0 Å². The minimum atomic E-state index is -0.671. The molecule has 0 rings (SSSR count). The highest BCUT2D eigenvalue weighted by Gasteiger charge is 2.19. The quantitative estimate of drug-likeness (QED) is 0.301. The first-order valence-electron chi connectivity index (χ1n) is 7.18. The van der Waals surface area contributed by atoms with E-state index in [0.717, 1.165) is 6.08 Å². The molecule has 0 fully saturated rings. The maximum absolute atomic E-state index is 11.6. The largest absolute Gasteiger partial charge is 0.462 e. The smallest absolute Gasteiger partial charge is 0.407 e. The monoisotopic (exact) mass is 315 g/mol. The highest BCUT2D eigenvalue weighted by atomic mass is 16.6. The van der Waals surface area contributed by atoms with Crippen LogP contribution in [0.2, 0.25) is 0 Å². The van der Waals surface area contributed by atoms with Crippen LogP contribution in [0.25, 0.3) is 0 Å². The topological polar surface area (TPSA) is 90.9 Å². The molecule has 0 bridgehead atoms. The number of alkyl carbamates (subject to hydrolysis) is 1. The van der Waals surface area contributed by atoms with E-state index in [9.17, 15) is 14.4 Å². The van der Waals surface area contributed by atoms with Crippen LogP contribution in [-0.2, 0) is 23.8 Å². The van der Waals surface area contributed by atoms with Gasteiger partial charge in [0, 0.05) is 6.08 Å². The first kappa shape index (κ1) is 19.9. The van der Waals surface area contributed by atoms with Crippen LogP contribution in [0.15, 0.2) is 12.7 Å².